The lowest BCUT2D eigenvalue weighted by molar-refractivity contribution is -0.135. The van der Waals surface area contributed by atoms with Crippen LogP contribution < -0.4 is 10.6 Å². The summed E-state index contributed by atoms with van der Waals surface area (Å²) >= 11 is 6.23. The third-order valence-electron chi connectivity index (χ3n) is 9.91. The van der Waals surface area contributed by atoms with Crippen molar-refractivity contribution in [2.45, 2.75) is 78.4 Å². The van der Waals surface area contributed by atoms with Gasteiger partial charge in [0, 0.05) is 61.8 Å². The topological polar surface area (TPSA) is 50.9 Å². The zero-order valence-corrected chi connectivity index (χ0v) is 30.2. The number of amides is 1. The Morgan fingerprint density at radius 3 is 2.36 bits per heavy atom. The molecule has 7 heteroatoms. The lowest BCUT2D eigenvalue weighted by atomic mass is 9.94. The fraction of sp³-hybridized carbons (Fsp3) is 0.525. The lowest BCUT2D eigenvalue weighted by Crippen LogP contribution is -2.55. The van der Waals surface area contributed by atoms with E-state index >= 15 is 0 Å². The number of nitrogens with zero attached hydrogens (tertiary/aromatic N) is 3. The summed E-state index contributed by atoms with van der Waals surface area (Å²) in [5.74, 6) is 0.545. The van der Waals surface area contributed by atoms with Crippen molar-refractivity contribution in [3.8, 4) is 0 Å². The van der Waals surface area contributed by atoms with Crippen LogP contribution in [0.2, 0.25) is 5.02 Å². The van der Waals surface area contributed by atoms with E-state index in [0.717, 1.165) is 82.9 Å². The van der Waals surface area contributed by atoms with E-state index in [0.29, 0.717) is 23.4 Å². The molecule has 0 spiro atoms. The minimum Gasteiger partial charge on any atom is -0.377 e. The van der Waals surface area contributed by atoms with Gasteiger partial charge in [-0.1, -0.05) is 105 Å². The highest BCUT2D eigenvalue weighted by Gasteiger charge is 2.32. The fourth-order valence-corrected chi connectivity index (χ4v) is 6.92. The van der Waals surface area contributed by atoms with Crippen LogP contribution in [0, 0.1) is 5.92 Å². The molecule has 6 nitrogen and oxygen atoms in total. The third-order valence-corrected chi connectivity index (χ3v) is 10.2. The minimum absolute atomic E-state index is 0.178. The molecule has 47 heavy (non-hydrogen) atoms. The Kier molecular flexibility index (Phi) is 15.1. The van der Waals surface area contributed by atoms with Crippen LogP contribution in [0.15, 0.2) is 90.2 Å². The van der Waals surface area contributed by atoms with Crippen molar-refractivity contribution in [1.29, 1.82) is 0 Å². The maximum Gasteiger partial charge on any atom is 0.245 e. The molecule has 2 aromatic carbocycles. The van der Waals surface area contributed by atoms with Crippen LogP contribution in [0.3, 0.4) is 0 Å². The summed E-state index contributed by atoms with van der Waals surface area (Å²) in [6.07, 6.45) is 12.4. The predicted molar refractivity (Wildman–Crippen MR) is 199 cm³/mol. The molecule has 1 fully saturated rings. The van der Waals surface area contributed by atoms with Gasteiger partial charge >= 0.3 is 0 Å². The summed E-state index contributed by atoms with van der Waals surface area (Å²) in [7, 11) is 0. The quantitative estimate of drug-likeness (QED) is 0.224. The molecule has 1 amide bonds. The largest absolute Gasteiger partial charge is 0.377 e. The van der Waals surface area contributed by atoms with Crippen LogP contribution in [-0.2, 0) is 11.2 Å². The van der Waals surface area contributed by atoms with Gasteiger partial charge in [-0.05, 0) is 82.0 Å². The Balaban J connectivity index is 1.49. The van der Waals surface area contributed by atoms with Crippen LogP contribution in [0.5, 0.6) is 0 Å². The van der Waals surface area contributed by atoms with Crippen molar-refractivity contribution in [1.82, 2.24) is 25.3 Å². The first-order chi connectivity index (χ1) is 22.8. The van der Waals surface area contributed by atoms with E-state index in [1.165, 1.54) is 11.1 Å². The van der Waals surface area contributed by atoms with Gasteiger partial charge in [-0.2, -0.15) is 0 Å². The summed E-state index contributed by atoms with van der Waals surface area (Å²) in [6.45, 7) is 18.4. The standard InChI is InChI=1S/C40H58ClN5O/c1-6-44(7-2)24-22-39(34-16-12-10-13-17-34)45-25-27-46(28-26-45)40(47)38(29-33-18-20-35(41)21-19-33)43-36(31(3)4)30-37-32(5)15-11-8-9-14-23-42-37/h8-13,15-21,32,37-39,42-43H,6-7,14,22-30H2,1-5H3/b9-8-,15-11-. The average Bonchev–Trinajstić information content (AvgIpc) is 3.19. The summed E-state index contributed by atoms with van der Waals surface area (Å²) < 4.78 is 0. The van der Waals surface area contributed by atoms with Gasteiger partial charge in [0.1, 0.15) is 6.04 Å². The molecule has 2 heterocycles. The highest BCUT2D eigenvalue weighted by molar-refractivity contribution is 6.30. The number of allylic oxidation sites excluding steroid dienone is 3. The number of piperazine rings is 1. The van der Waals surface area contributed by atoms with Gasteiger partial charge in [0.05, 0.1) is 0 Å². The first-order valence-corrected chi connectivity index (χ1v) is 18.2. The molecule has 0 aromatic heterocycles. The fourth-order valence-electron chi connectivity index (χ4n) is 6.79. The second-order valence-electron chi connectivity index (χ2n) is 13.3. The summed E-state index contributed by atoms with van der Waals surface area (Å²) in [6, 6.07) is 19.1. The number of hydrogen-bond acceptors (Lipinski definition) is 5. The van der Waals surface area contributed by atoms with Gasteiger partial charge in [-0.25, -0.2) is 0 Å². The van der Waals surface area contributed by atoms with E-state index in [1.807, 2.05) is 24.3 Å². The number of benzene rings is 2. The number of hydrogen-bond donors (Lipinski definition) is 2. The summed E-state index contributed by atoms with van der Waals surface area (Å²) in [5, 5.41) is 8.28. The molecule has 1 saturated heterocycles. The molecular weight excluding hydrogens is 602 g/mol. The maximum atomic E-state index is 14.4. The Morgan fingerprint density at radius 2 is 1.70 bits per heavy atom. The second-order valence-corrected chi connectivity index (χ2v) is 13.8. The third kappa shape index (κ3) is 11.3. The van der Waals surface area contributed by atoms with Crippen LogP contribution in [0.25, 0.3) is 0 Å². The second kappa shape index (κ2) is 19.2. The number of nitrogens with one attached hydrogen (secondary N) is 2. The zero-order chi connectivity index (χ0) is 33.6. The first kappa shape index (κ1) is 36.9. The molecule has 256 valence electrons. The molecule has 2 aliphatic rings. The normalized spacial score (nSPS) is 21.6. The number of rotatable bonds is 14. The average molecular weight is 660 g/mol. The van der Waals surface area contributed by atoms with Crippen molar-refractivity contribution < 1.29 is 4.79 Å². The van der Waals surface area contributed by atoms with Gasteiger partial charge in [0.25, 0.3) is 0 Å². The molecule has 4 unspecified atom stereocenters. The van der Waals surface area contributed by atoms with Crippen LogP contribution in [0.1, 0.15) is 71.0 Å². The van der Waals surface area contributed by atoms with E-state index in [2.05, 4.69) is 115 Å². The smallest absolute Gasteiger partial charge is 0.245 e. The minimum atomic E-state index is -0.357. The SMILES string of the molecule is CCN(CC)CCC(c1ccccc1)N1CCN(C(=O)C(Cc2ccc(Cl)cc2)NC(CC2NCC/C=C\C=C/C2C)=C(C)C)CC1. The van der Waals surface area contributed by atoms with E-state index in [-0.39, 0.29) is 18.0 Å². The molecule has 4 atom stereocenters. The Morgan fingerprint density at radius 1 is 1.00 bits per heavy atom. The molecule has 0 aliphatic carbocycles. The van der Waals surface area contributed by atoms with Gasteiger partial charge in [-0.15, -0.1) is 0 Å². The molecular formula is C40H58ClN5O. The van der Waals surface area contributed by atoms with Crippen molar-refractivity contribution in [2.24, 2.45) is 5.92 Å². The van der Waals surface area contributed by atoms with E-state index < -0.39 is 0 Å². The molecule has 2 N–H and O–H groups in total. The molecule has 0 bridgehead atoms. The molecule has 2 aliphatic heterocycles. The molecule has 0 saturated carbocycles. The van der Waals surface area contributed by atoms with Gasteiger partial charge in [0.2, 0.25) is 5.91 Å². The number of halogens is 1. The van der Waals surface area contributed by atoms with Crippen molar-refractivity contribution in [3.63, 3.8) is 0 Å². The summed E-state index contributed by atoms with van der Waals surface area (Å²) in [5.41, 5.74) is 4.85. The zero-order valence-electron chi connectivity index (χ0n) is 29.4. The maximum absolute atomic E-state index is 14.4. The van der Waals surface area contributed by atoms with Crippen molar-refractivity contribution >= 4 is 17.5 Å². The molecule has 4 rings (SSSR count). The Hall–Kier alpha value is -2.90. The van der Waals surface area contributed by atoms with Crippen LogP contribution in [0.4, 0.5) is 0 Å². The van der Waals surface area contributed by atoms with Gasteiger partial charge in [0.15, 0.2) is 0 Å². The predicted octanol–water partition coefficient (Wildman–Crippen LogP) is 7.25. The first-order valence-electron chi connectivity index (χ1n) is 17.8. The lowest BCUT2D eigenvalue weighted by Gasteiger charge is -2.41. The van der Waals surface area contributed by atoms with E-state index in [1.54, 1.807) is 0 Å². The monoisotopic (exact) mass is 659 g/mol. The number of carbonyl (C=O) groups excluding carboxylic acids is 1. The molecule has 2 aromatic rings. The van der Waals surface area contributed by atoms with Crippen LogP contribution in [-0.4, -0.2) is 85.0 Å². The van der Waals surface area contributed by atoms with E-state index in [9.17, 15) is 4.79 Å². The molecule has 0 radical (unpaired) electrons. The van der Waals surface area contributed by atoms with Crippen molar-refractivity contribution in [2.75, 3.05) is 52.4 Å². The van der Waals surface area contributed by atoms with Gasteiger partial charge in [-0.3, -0.25) is 9.69 Å². The summed E-state index contributed by atoms with van der Waals surface area (Å²) in [4.78, 5) is 21.6. The number of carbonyl (C=O) groups is 1. The van der Waals surface area contributed by atoms with Gasteiger partial charge < -0.3 is 20.4 Å². The van der Waals surface area contributed by atoms with Crippen molar-refractivity contribution in [3.05, 3.63) is 106 Å². The highest BCUT2D eigenvalue weighted by Crippen LogP contribution is 2.27. The Bertz CT molecular complexity index is 1310. The van der Waals surface area contributed by atoms with Crippen LogP contribution >= 0.6 is 11.6 Å². The van der Waals surface area contributed by atoms with E-state index in [4.69, 9.17) is 11.6 Å². The Labute approximate surface area is 289 Å². The highest BCUT2D eigenvalue weighted by atomic mass is 35.5.